The number of aliphatic carboxylic acids is 1. The summed E-state index contributed by atoms with van der Waals surface area (Å²) in [5.74, 6) is -1.44. The van der Waals surface area contributed by atoms with Crippen LogP contribution in [0, 0.1) is 5.92 Å². The maximum atomic E-state index is 11.7. The van der Waals surface area contributed by atoms with Crippen molar-refractivity contribution in [2.75, 3.05) is 5.32 Å². The number of carbonyl (C=O) groups excluding carboxylic acids is 1. The first-order valence-corrected chi connectivity index (χ1v) is 6.11. The van der Waals surface area contributed by atoms with E-state index in [4.69, 9.17) is 28.3 Å². The second kappa shape index (κ2) is 6.61. The molecule has 18 heavy (non-hydrogen) atoms. The molecule has 2 N–H and O–H groups in total. The van der Waals surface area contributed by atoms with Crippen molar-refractivity contribution in [3.05, 3.63) is 28.2 Å². The minimum Gasteiger partial charge on any atom is -0.481 e. The smallest absolute Gasteiger partial charge is 0.303 e. The van der Waals surface area contributed by atoms with E-state index in [-0.39, 0.29) is 29.7 Å². The molecule has 0 saturated carbocycles. The van der Waals surface area contributed by atoms with Crippen LogP contribution in [0.3, 0.4) is 0 Å². The monoisotopic (exact) mass is 289 g/mol. The fourth-order valence-corrected chi connectivity index (χ4v) is 1.84. The van der Waals surface area contributed by atoms with Gasteiger partial charge in [-0.15, -0.1) is 0 Å². The highest BCUT2D eigenvalue weighted by atomic mass is 35.5. The number of benzene rings is 1. The summed E-state index contributed by atoms with van der Waals surface area (Å²) >= 11 is 11.7. The van der Waals surface area contributed by atoms with Crippen LogP contribution in [0.25, 0.3) is 0 Å². The largest absolute Gasteiger partial charge is 0.481 e. The number of hydrogen-bond acceptors (Lipinski definition) is 2. The number of carboxylic acid groups (broad SMARTS) is 1. The van der Waals surface area contributed by atoms with E-state index in [1.54, 1.807) is 25.1 Å². The first-order valence-electron chi connectivity index (χ1n) is 5.35. The zero-order chi connectivity index (χ0) is 13.7. The molecule has 0 fully saturated rings. The summed E-state index contributed by atoms with van der Waals surface area (Å²) in [6.07, 6.45) is 0.0752. The molecule has 1 aromatic rings. The Morgan fingerprint density at radius 3 is 2.61 bits per heavy atom. The molecule has 4 nitrogen and oxygen atoms in total. The van der Waals surface area contributed by atoms with Crippen molar-refractivity contribution in [3.63, 3.8) is 0 Å². The van der Waals surface area contributed by atoms with Crippen LogP contribution in [0.5, 0.6) is 0 Å². The van der Waals surface area contributed by atoms with Crippen molar-refractivity contribution < 1.29 is 14.7 Å². The summed E-state index contributed by atoms with van der Waals surface area (Å²) in [6, 6.07) is 4.92. The van der Waals surface area contributed by atoms with Crippen LogP contribution in [0.2, 0.25) is 10.0 Å². The fraction of sp³-hybridized carbons (Fsp3) is 0.333. The molecule has 0 aliphatic carbocycles. The van der Waals surface area contributed by atoms with E-state index < -0.39 is 5.97 Å². The Morgan fingerprint density at radius 1 is 1.33 bits per heavy atom. The van der Waals surface area contributed by atoms with Crippen LogP contribution in [-0.2, 0) is 9.59 Å². The SMILES string of the molecule is CC(CC(=O)O)CC(=O)Nc1cccc(Cl)c1Cl. The Morgan fingerprint density at radius 2 is 2.00 bits per heavy atom. The lowest BCUT2D eigenvalue weighted by Gasteiger charge is -2.11. The van der Waals surface area contributed by atoms with Crippen molar-refractivity contribution in [1.29, 1.82) is 0 Å². The van der Waals surface area contributed by atoms with Crippen LogP contribution >= 0.6 is 23.2 Å². The molecular weight excluding hydrogens is 277 g/mol. The molecule has 1 atom stereocenters. The van der Waals surface area contributed by atoms with Gasteiger partial charge in [0.05, 0.1) is 15.7 Å². The van der Waals surface area contributed by atoms with Crippen LogP contribution in [0.4, 0.5) is 5.69 Å². The van der Waals surface area contributed by atoms with Gasteiger partial charge in [0.2, 0.25) is 5.91 Å². The van der Waals surface area contributed by atoms with E-state index in [1.807, 2.05) is 0 Å². The van der Waals surface area contributed by atoms with Crippen LogP contribution < -0.4 is 5.32 Å². The number of rotatable bonds is 5. The Hall–Kier alpha value is -1.26. The van der Waals surface area contributed by atoms with E-state index in [9.17, 15) is 9.59 Å². The van der Waals surface area contributed by atoms with Crippen LogP contribution in [0.1, 0.15) is 19.8 Å². The van der Waals surface area contributed by atoms with Gasteiger partial charge >= 0.3 is 5.97 Å². The maximum Gasteiger partial charge on any atom is 0.303 e. The molecule has 98 valence electrons. The average molecular weight is 290 g/mol. The van der Waals surface area contributed by atoms with Crippen molar-refractivity contribution in [2.24, 2.45) is 5.92 Å². The van der Waals surface area contributed by atoms with Gasteiger partial charge in [-0.1, -0.05) is 36.2 Å². The van der Waals surface area contributed by atoms with Gasteiger partial charge in [0.25, 0.3) is 0 Å². The number of halogens is 2. The van der Waals surface area contributed by atoms with Gasteiger partial charge in [0.15, 0.2) is 0 Å². The summed E-state index contributed by atoms with van der Waals surface area (Å²) in [6.45, 7) is 1.70. The van der Waals surface area contributed by atoms with Crippen molar-refractivity contribution in [2.45, 2.75) is 19.8 Å². The highest BCUT2D eigenvalue weighted by Crippen LogP contribution is 2.29. The first-order chi connectivity index (χ1) is 8.40. The molecule has 0 spiro atoms. The molecule has 0 aliphatic heterocycles. The molecular formula is C12H13Cl2NO3. The number of carbonyl (C=O) groups is 2. The molecule has 0 aliphatic rings. The second-order valence-corrected chi connectivity index (χ2v) is 4.84. The van der Waals surface area contributed by atoms with E-state index in [0.29, 0.717) is 10.7 Å². The lowest BCUT2D eigenvalue weighted by atomic mass is 10.0. The Kier molecular flexibility index (Phi) is 5.44. The average Bonchev–Trinajstić information content (AvgIpc) is 2.23. The fourth-order valence-electron chi connectivity index (χ4n) is 1.49. The number of amides is 1. The van der Waals surface area contributed by atoms with E-state index in [1.165, 1.54) is 0 Å². The normalized spacial score (nSPS) is 11.9. The molecule has 6 heteroatoms. The van der Waals surface area contributed by atoms with Gasteiger partial charge in [0.1, 0.15) is 0 Å². The maximum absolute atomic E-state index is 11.7. The van der Waals surface area contributed by atoms with Crippen molar-refractivity contribution >= 4 is 40.8 Å². The third-order valence-electron chi connectivity index (χ3n) is 2.28. The number of nitrogens with one attached hydrogen (secondary N) is 1. The molecule has 0 radical (unpaired) electrons. The first kappa shape index (κ1) is 14.8. The quantitative estimate of drug-likeness (QED) is 0.873. The predicted molar refractivity (Wildman–Crippen MR) is 71.1 cm³/mol. The molecule has 0 aromatic heterocycles. The summed E-state index contributed by atoms with van der Waals surface area (Å²) in [4.78, 5) is 22.1. The summed E-state index contributed by atoms with van der Waals surface area (Å²) < 4.78 is 0. The minimum absolute atomic E-state index is 0.0449. The second-order valence-electron chi connectivity index (χ2n) is 4.06. The van der Waals surface area contributed by atoms with Crippen molar-refractivity contribution in [1.82, 2.24) is 0 Å². The lowest BCUT2D eigenvalue weighted by Crippen LogP contribution is -2.17. The third-order valence-corrected chi connectivity index (χ3v) is 3.10. The van der Waals surface area contributed by atoms with Gasteiger partial charge in [-0.05, 0) is 18.1 Å². The van der Waals surface area contributed by atoms with Gasteiger partial charge in [-0.25, -0.2) is 0 Å². The standard InChI is InChI=1S/C12H13Cl2NO3/c1-7(6-11(17)18)5-10(16)15-9-4-2-3-8(13)12(9)14/h2-4,7H,5-6H2,1H3,(H,15,16)(H,17,18). The van der Waals surface area contributed by atoms with Crippen molar-refractivity contribution in [3.8, 4) is 0 Å². The Balaban J connectivity index is 2.59. The summed E-state index contributed by atoms with van der Waals surface area (Å²) in [7, 11) is 0. The number of hydrogen-bond donors (Lipinski definition) is 2. The molecule has 0 bridgehead atoms. The van der Waals surface area contributed by atoms with Gasteiger partial charge < -0.3 is 10.4 Å². The number of anilines is 1. The Bertz CT molecular complexity index is 463. The topological polar surface area (TPSA) is 66.4 Å². The van der Waals surface area contributed by atoms with Gasteiger partial charge in [-0.3, -0.25) is 9.59 Å². The zero-order valence-electron chi connectivity index (χ0n) is 9.74. The molecule has 0 heterocycles. The molecule has 0 saturated heterocycles. The van der Waals surface area contributed by atoms with Crippen LogP contribution in [0.15, 0.2) is 18.2 Å². The van der Waals surface area contributed by atoms with Gasteiger partial charge in [0, 0.05) is 12.8 Å². The lowest BCUT2D eigenvalue weighted by molar-refractivity contribution is -0.138. The van der Waals surface area contributed by atoms with E-state index >= 15 is 0 Å². The Labute approximate surface area is 115 Å². The summed E-state index contributed by atoms with van der Waals surface area (Å²) in [5, 5.41) is 11.8. The van der Waals surface area contributed by atoms with Crippen LogP contribution in [-0.4, -0.2) is 17.0 Å². The molecule has 1 unspecified atom stereocenters. The van der Waals surface area contributed by atoms with Gasteiger partial charge in [-0.2, -0.15) is 0 Å². The molecule has 1 rings (SSSR count). The van der Waals surface area contributed by atoms with E-state index in [0.717, 1.165) is 0 Å². The highest BCUT2D eigenvalue weighted by molar-refractivity contribution is 6.43. The predicted octanol–water partition coefficient (Wildman–Crippen LogP) is 3.43. The molecule has 1 aromatic carbocycles. The summed E-state index contributed by atoms with van der Waals surface area (Å²) in [5.41, 5.74) is 0.427. The minimum atomic E-state index is -0.920. The highest BCUT2D eigenvalue weighted by Gasteiger charge is 2.14. The number of carboxylic acids is 1. The van der Waals surface area contributed by atoms with E-state index in [2.05, 4.69) is 5.32 Å². The third kappa shape index (κ3) is 4.55. The zero-order valence-corrected chi connectivity index (χ0v) is 11.3. The molecule has 1 amide bonds.